The van der Waals surface area contributed by atoms with Gasteiger partial charge in [0.1, 0.15) is 11.6 Å². The molecule has 0 unspecified atom stereocenters. The first-order valence-electron chi connectivity index (χ1n) is 6.44. The van der Waals surface area contributed by atoms with Gasteiger partial charge in [0.05, 0.1) is 18.9 Å². The molecule has 0 aliphatic carbocycles. The minimum atomic E-state index is -0.296. The Balaban J connectivity index is 2.07. The average molecular weight is 308 g/mol. The lowest BCUT2D eigenvalue weighted by Crippen LogP contribution is -2.05. The number of thiazole rings is 1. The molecule has 112 valence electrons. The van der Waals surface area contributed by atoms with E-state index in [4.69, 9.17) is 10.5 Å². The van der Waals surface area contributed by atoms with Gasteiger partial charge in [-0.15, -0.1) is 11.3 Å². The third-order valence-electron chi connectivity index (χ3n) is 2.56. The van der Waals surface area contributed by atoms with Crippen molar-refractivity contribution in [3.05, 3.63) is 40.5 Å². The summed E-state index contributed by atoms with van der Waals surface area (Å²) in [6.07, 6.45) is 1.69. The van der Waals surface area contributed by atoms with E-state index in [0.29, 0.717) is 17.6 Å². The van der Waals surface area contributed by atoms with E-state index in [1.54, 1.807) is 17.7 Å². The van der Waals surface area contributed by atoms with E-state index in [-0.39, 0.29) is 11.9 Å². The number of hydrazone groups is 1. The van der Waals surface area contributed by atoms with Crippen LogP contribution in [0.2, 0.25) is 0 Å². The van der Waals surface area contributed by atoms with Crippen molar-refractivity contribution in [3.63, 3.8) is 0 Å². The molecule has 2 rings (SSSR count). The second-order valence-electron chi connectivity index (χ2n) is 4.65. The van der Waals surface area contributed by atoms with Crippen molar-refractivity contribution in [1.29, 1.82) is 0 Å². The second-order valence-corrected chi connectivity index (χ2v) is 5.51. The van der Waals surface area contributed by atoms with Crippen LogP contribution in [0.25, 0.3) is 0 Å². The summed E-state index contributed by atoms with van der Waals surface area (Å²) in [4.78, 5) is 4.02. The van der Waals surface area contributed by atoms with Gasteiger partial charge >= 0.3 is 0 Å². The zero-order valence-electron chi connectivity index (χ0n) is 11.8. The molecular weight excluding hydrogens is 291 g/mol. The Hall–Kier alpha value is -1.99. The van der Waals surface area contributed by atoms with Crippen molar-refractivity contribution in [1.82, 2.24) is 4.98 Å². The number of aromatic nitrogens is 1. The molecule has 0 aliphatic heterocycles. The summed E-state index contributed by atoms with van der Waals surface area (Å²) in [6.45, 7) is 4.20. The summed E-state index contributed by atoms with van der Waals surface area (Å²) < 4.78 is 18.8. The number of nitrogens with one attached hydrogen (secondary N) is 1. The van der Waals surface area contributed by atoms with E-state index in [1.165, 1.54) is 23.5 Å². The number of hydrogen-bond donors (Lipinski definition) is 2. The van der Waals surface area contributed by atoms with E-state index >= 15 is 0 Å². The first-order chi connectivity index (χ1) is 10.0. The highest BCUT2D eigenvalue weighted by molar-refractivity contribution is 7.14. The van der Waals surface area contributed by atoms with E-state index in [0.717, 1.165) is 11.1 Å². The van der Waals surface area contributed by atoms with Crippen molar-refractivity contribution in [3.8, 4) is 0 Å². The largest absolute Gasteiger partial charge is 0.383 e. The minimum Gasteiger partial charge on any atom is -0.383 e. The molecule has 0 saturated carbocycles. The maximum atomic E-state index is 13.3. The van der Waals surface area contributed by atoms with Crippen LogP contribution in [0, 0.1) is 5.82 Å². The predicted octanol–water partition coefficient (Wildman–Crippen LogP) is 3.24. The molecule has 7 heteroatoms. The molecule has 0 bridgehead atoms. The molecule has 0 saturated heterocycles. The van der Waals surface area contributed by atoms with Crippen LogP contribution in [0.15, 0.2) is 28.7 Å². The lowest BCUT2D eigenvalue weighted by Gasteiger charge is -2.10. The fourth-order valence-corrected chi connectivity index (χ4v) is 2.12. The molecule has 21 heavy (non-hydrogen) atoms. The Kier molecular flexibility index (Phi) is 5.24. The third kappa shape index (κ3) is 4.80. The highest BCUT2D eigenvalue weighted by Crippen LogP contribution is 2.16. The molecule has 0 aliphatic rings. The van der Waals surface area contributed by atoms with Gasteiger partial charge in [0.25, 0.3) is 0 Å². The maximum Gasteiger partial charge on any atom is 0.205 e. The molecule has 1 heterocycles. The lowest BCUT2D eigenvalue weighted by molar-refractivity contribution is 0.0655. The normalized spacial score (nSPS) is 11.4. The zero-order chi connectivity index (χ0) is 15.2. The maximum absolute atomic E-state index is 13.3. The molecule has 0 fully saturated rings. The predicted molar refractivity (Wildman–Crippen MR) is 84.1 cm³/mol. The number of hydrogen-bond acceptors (Lipinski definition) is 6. The molecule has 0 atom stereocenters. The summed E-state index contributed by atoms with van der Waals surface area (Å²) in [7, 11) is 0. The second kappa shape index (κ2) is 7.14. The Labute approximate surface area is 126 Å². The van der Waals surface area contributed by atoms with E-state index in [1.807, 2.05) is 13.8 Å². The average Bonchev–Trinajstić information content (AvgIpc) is 2.84. The van der Waals surface area contributed by atoms with Gasteiger partial charge < -0.3 is 10.5 Å². The van der Waals surface area contributed by atoms with Crippen LogP contribution < -0.4 is 11.2 Å². The molecule has 0 amide bonds. The van der Waals surface area contributed by atoms with E-state index < -0.39 is 0 Å². The van der Waals surface area contributed by atoms with Crippen LogP contribution in [0.4, 0.5) is 15.3 Å². The van der Waals surface area contributed by atoms with Crippen molar-refractivity contribution in [2.45, 2.75) is 26.6 Å². The number of ether oxygens (including phenoxy) is 1. The van der Waals surface area contributed by atoms with Gasteiger partial charge in [0.15, 0.2) is 0 Å². The van der Waals surface area contributed by atoms with Gasteiger partial charge in [-0.25, -0.2) is 9.37 Å². The smallest absolute Gasteiger partial charge is 0.205 e. The van der Waals surface area contributed by atoms with Crippen LogP contribution in [-0.2, 0) is 11.3 Å². The van der Waals surface area contributed by atoms with Crippen molar-refractivity contribution in [2.75, 3.05) is 11.2 Å². The summed E-state index contributed by atoms with van der Waals surface area (Å²) in [6, 6.07) is 4.50. The molecule has 1 aromatic heterocycles. The highest BCUT2D eigenvalue weighted by Gasteiger charge is 2.04. The first kappa shape index (κ1) is 15.4. The van der Waals surface area contributed by atoms with Crippen LogP contribution in [0.3, 0.4) is 0 Å². The van der Waals surface area contributed by atoms with Gasteiger partial charge in [-0.2, -0.15) is 5.10 Å². The van der Waals surface area contributed by atoms with Crippen LogP contribution in [0.1, 0.15) is 25.0 Å². The van der Waals surface area contributed by atoms with Crippen LogP contribution in [0.5, 0.6) is 0 Å². The van der Waals surface area contributed by atoms with Gasteiger partial charge in [-0.05, 0) is 31.5 Å². The first-order valence-corrected chi connectivity index (χ1v) is 7.32. The number of nitrogen functional groups attached to an aromatic ring is 1. The van der Waals surface area contributed by atoms with E-state index in [9.17, 15) is 4.39 Å². The van der Waals surface area contributed by atoms with Gasteiger partial charge in [0, 0.05) is 10.9 Å². The number of nitrogens with two attached hydrogens (primary N) is 1. The van der Waals surface area contributed by atoms with Gasteiger partial charge in [-0.1, -0.05) is 6.07 Å². The zero-order valence-corrected chi connectivity index (χ0v) is 12.7. The fourth-order valence-electron chi connectivity index (χ4n) is 1.58. The standard InChI is InChI=1S/C14H17FN4OS/c1-9(2)20-7-11-5-12(15)4-3-10(11)6-17-19-14-18-13(16)8-21-14/h3-6,8-9H,7,16H2,1-2H3,(H,18,19). The fraction of sp³-hybridized carbons (Fsp3) is 0.286. The van der Waals surface area contributed by atoms with E-state index in [2.05, 4.69) is 15.5 Å². The molecule has 3 N–H and O–H groups in total. The SMILES string of the molecule is CC(C)OCc1cc(F)ccc1C=NNc1nc(N)cs1. The molecule has 5 nitrogen and oxygen atoms in total. The Morgan fingerprint density at radius 3 is 3.00 bits per heavy atom. The summed E-state index contributed by atoms with van der Waals surface area (Å²) >= 11 is 1.36. The Morgan fingerprint density at radius 1 is 1.52 bits per heavy atom. The van der Waals surface area contributed by atoms with Gasteiger partial charge in [-0.3, -0.25) is 5.43 Å². The van der Waals surface area contributed by atoms with Crippen molar-refractivity contribution in [2.24, 2.45) is 5.10 Å². The topological polar surface area (TPSA) is 72.5 Å². The number of benzene rings is 1. The molecule has 1 aromatic carbocycles. The Bertz CT molecular complexity index is 627. The van der Waals surface area contributed by atoms with Crippen molar-refractivity contribution < 1.29 is 9.13 Å². The third-order valence-corrected chi connectivity index (χ3v) is 3.33. The number of anilines is 2. The van der Waals surface area contributed by atoms with Crippen LogP contribution >= 0.6 is 11.3 Å². The monoisotopic (exact) mass is 308 g/mol. The minimum absolute atomic E-state index is 0.0782. The Morgan fingerprint density at radius 2 is 2.33 bits per heavy atom. The quantitative estimate of drug-likeness (QED) is 0.635. The van der Waals surface area contributed by atoms with Gasteiger partial charge in [0.2, 0.25) is 5.13 Å². The lowest BCUT2D eigenvalue weighted by atomic mass is 10.1. The molecule has 2 aromatic rings. The summed E-state index contributed by atoms with van der Waals surface area (Å²) in [5, 5.41) is 6.40. The summed E-state index contributed by atoms with van der Waals surface area (Å²) in [5.41, 5.74) is 9.83. The highest BCUT2D eigenvalue weighted by atomic mass is 32.1. The summed E-state index contributed by atoms with van der Waals surface area (Å²) in [5.74, 6) is 0.153. The number of rotatable bonds is 6. The molecule has 0 spiro atoms. The van der Waals surface area contributed by atoms with Crippen molar-refractivity contribution >= 4 is 28.5 Å². The molecule has 0 radical (unpaired) electrons. The number of nitrogens with zero attached hydrogens (tertiary/aromatic N) is 2. The van der Waals surface area contributed by atoms with Crippen LogP contribution in [-0.4, -0.2) is 17.3 Å². The molecular formula is C14H17FN4OS. The number of halogens is 1.